The third kappa shape index (κ3) is 2.46. The fraction of sp³-hybridized carbons (Fsp3) is 0.500. The van der Waals surface area contributed by atoms with Gasteiger partial charge in [0.1, 0.15) is 0 Å². The van der Waals surface area contributed by atoms with Crippen LogP contribution in [0.25, 0.3) is 0 Å². The Morgan fingerprint density at radius 1 is 1.27 bits per heavy atom. The highest BCUT2D eigenvalue weighted by Gasteiger charge is 2.22. The number of aromatic nitrogens is 2. The molecule has 22 heavy (non-hydrogen) atoms. The topological polar surface area (TPSA) is 69.8 Å². The molecule has 4 rings (SSSR count). The van der Waals surface area contributed by atoms with Gasteiger partial charge in [-0.3, -0.25) is 9.89 Å². The van der Waals surface area contributed by atoms with Crippen molar-refractivity contribution in [3.05, 3.63) is 38.3 Å². The minimum absolute atomic E-state index is 0.0600. The Morgan fingerprint density at radius 3 is 3.14 bits per heavy atom. The van der Waals surface area contributed by atoms with Gasteiger partial charge in [-0.25, -0.2) is 0 Å². The van der Waals surface area contributed by atoms with Crippen molar-refractivity contribution in [2.75, 3.05) is 6.54 Å². The van der Waals surface area contributed by atoms with Crippen LogP contribution in [0.3, 0.4) is 0 Å². The van der Waals surface area contributed by atoms with E-state index in [0.717, 1.165) is 37.2 Å². The predicted molar refractivity (Wildman–Crippen MR) is 86.1 cm³/mol. The van der Waals surface area contributed by atoms with Crippen LogP contribution in [0.4, 0.5) is 0 Å². The minimum Gasteiger partial charge on any atom is -0.347 e. The molecule has 0 saturated carbocycles. The summed E-state index contributed by atoms with van der Waals surface area (Å²) in [6.07, 6.45) is 5.79. The summed E-state index contributed by atoms with van der Waals surface area (Å²) in [4.78, 5) is 13.9. The average molecular weight is 316 g/mol. The fourth-order valence-corrected chi connectivity index (χ4v) is 4.55. The van der Waals surface area contributed by atoms with E-state index in [4.69, 9.17) is 0 Å². The molecule has 2 aromatic rings. The number of H-pyrrole nitrogens is 1. The fourth-order valence-electron chi connectivity index (χ4n) is 3.40. The largest absolute Gasteiger partial charge is 0.347 e. The number of rotatable bonds is 3. The number of aromatic amines is 1. The van der Waals surface area contributed by atoms with E-state index in [1.807, 2.05) is 11.3 Å². The quantitative estimate of drug-likeness (QED) is 0.810. The highest BCUT2D eigenvalue weighted by Crippen LogP contribution is 2.30. The summed E-state index contributed by atoms with van der Waals surface area (Å²) >= 11 is 1.84. The second-order valence-electron chi connectivity index (χ2n) is 6.01. The molecule has 0 bridgehead atoms. The second kappa shape index (κ2) is 5.85. The summed E-state index contributed by atoms with van der Waals surface area (Å²) in [6, 6.07) is 0. The Morgan fingerprint density at radius 2 is 2.18 bits per heavy atom. The van der Waals surface area contributed by atoms with Gasteiger partial charge in [-0.05, 0) is 55.2 Å². The van der Waals surface area contributed by atoms with Gasteiger partial charge < -0.3 is 10.6 Å². The van der Waals surface area contributed by atoms with E-state index in [2.05, 4.69) is 26.2 Å². The van der Waals surface area contributed by atoms with Gasteiger partial charge in [-0.15, -0.1) is 11.3 Å². The molecule has 6 heteroatoms. The maximum atomic E-state index is 12.4. The number of amides is 1. The molecule has 1 aliphatic carbocycles. The Hall–Kier alpha value is -1.66. The summed E-state index contributed by atoms with van der Waals surface area (Å²) in [6.45, 7) is 2.29. The van der Waals surface area contributed by atoms with Crippen molar-refractivity contribution in [2.24, 2.45) is 0 Å². The first-order chi connectivity index (χ1) is 10.8. The Bertz CT molecular complexity index is 703. The molecule has 0 radical (unpaired) electrons. The van der Waals surface area contributed by atoms with Gasteiger partial charge in [0, 0.05) is 23.5 Å². The van der Waals surface area contributed by atoms with Crippen molar-refractivity contribution in [1.82, 2.24) is 20.8 Å². The van der Waals surface area contributed by atoms with Crippen LogP contribution < -0.4 is 10.6 Å². The maximum absolute atomic E-state index is 12.4. The molecule has 0 unspecified atom stereocenters. The molecule has 3 N–H and O–H groups in total. The third-order valence-electron chi connectivity index (χ3n) is 4.61. The molecular weight excluding hydrogens is 296 g/mol. The average Bonchev–Trinajstić information content (AvgIpc) is 3.17. The first-order valence-electron chi connectivity index (χ1n) is 7.96. The van der Waals surface area contributed by atoms with E-state index in [0.29, 0.717) is 12.2 Å². The van der Waals surface area contributed by atoms with Crippen molar-refractivity contribution in [3.63, 3.8) is 0 Å². The van der Waals surface area contributed by atoms with E-state index in [9.17, 15) is 4.79 Å². The van der Waals surface area contributed by atoms with E-state index < -0.39 is 0 Å². The van der Waals surface area contributed by atoms with Crippen molar-refractivity contribution in [2.45, 2.75) is 45.2 Å². The predicted octanol–water partition coefficient (Wildman–Crippen LogP) is 1.93. The number of carbonyl (C=O) groups excluding carboxylic acids is 1. The maximum Gasteiger partial charge on any atom is 0.272 e. The number of hydrogen-bond acceptors (Lipinski definition) is 4. The van der Waals surface area contributed by atoms with Crippen molar-refractivity contribution >= 4 is 17.2 Å². The smallest absolute Gasteiger partial charge is 0.272 e. The molecule has 0 atom stereocenters. The van der Waals surface area contributed by atoms with E-state index in [1.165, 1.54) is 35.3 Å². The van der Waals surface area contributed by atoms with Crippen LogP contribution in [0.5, 0.6) is 0 Å². The number of thiophene rings is 1. The molecule has 5 nitrogen and oxygen atoms in total. The molecule has 0 saturated heterocycles. The van der Waals surface area contributed by atoms with Crippen LogP contribution in [0.1, 0.15) is 50.6 Å². The van der Waals surface area contributed by atoms with Crippen LogP contribution in [0, 0.1) is 0 Å². The molecule has 0 aromatic carbocycles. The molecule has 0 spiro atoms. The lowest BCUT2D eigenvalue weighted by molar-refractivity contribution is 0.0945. The van der Waals surface area contributed by atoms with E-state index in [-0.39, 0.29) is 5.91 Å². The number of hydrogen-bond donors (Lipinski definition) is 3. The molecule has 1 aliphatic heterocycles. The van der Waals surface area contributed by atoms with Crippen LogP contribution in [-0.2, 0) is 32.4 Å². The summed E-state index contributed by atoms with van der Waals surface area (Å²) in [5.41, 5.74) is 5.46. The number of aryl methyl sites for hydroxylation is 1. The SMILES string of the molecule is O=C(NCc1csc2c1CCCC2)c1n[nH]c2c1CCNC2. The molecule has 0 fully saturated rings. The second-order valence-corrected chi connectivity index (χ2v) is 6.97. The molecule has 2 aromatic heterocycles. The zero-order chi connectivity index (χ0) is 14.9. The third-order valence-corrected chi connectivity index (χ3v) is 5.75. The van der Waals surface area contributed by atoms with Crippen molar-refractivity contribution in [3.8, 4) is 0 Å². The Kier molecular flexibility index (Phi) is 3.72. The molecule has 1 amide bonds. The summed E-state index contributed by atoms with van der Waals surface area (Å²) in [7, 11) is 0. The van der Waals surface area contributed by atoms with Gasteiger partial charge in [0.2, 0.25) is 0 Å². The minimum atomic E-state index is -0.0600. The highest BCUT2D eigenvalue weighted by molar-refractivity contribution is 7.10. The molecule has 2 aliphatic rings. The van der Waals surface area contributed by atoms with Gasteiger partial charge >= 0.3 is 0 Å². The van der Waals surface area contributed by atoms with Crippen LogP contribution >= 0.6 is 11.3 Å². The molecule has 3 heterocycles. The zero-order valence-corrected chi connectivity index (χ0v) is 13.3. The molecule has 116 valence electrons. The number of nitrogens with one attached hydrogen (secondary N) is 3. The van der Waals surface area contributed by atoms with Crippen molar-refractivity contribution < 1.29 is 4.79 Å². The monoisotopic (exact) mass is 316 g/mol. The summed E-state index contributed by atoms with van der Waals surface area (Å²) in [5, 5.41) is 15.7. The van der Waals surface area contributed by atoms with Gasteiger partial charge in [0.25, 0.3) is 5.91 Å². The summed E-state index contributed by atoms with van der Waals surface area (Å²) < 4.78 is 0. The number of nitrogens with zero attached hydrogens (tertiary/aromatic N) is 1. The van der Waals surface area contributed by atoms with Gasteiger partial charge in [-0.1, -0.05) is 0 Å². The van der Waals surface area contributed by atoms with E-state index in [1.54, 1.807) is 0 Å². The van der Waals surface area contributed by atoms with Crippen molar-refractivity contribution in [1.29, 1.82) is 0 Å². The Balaban J connectivity index is 1.47. The number of fused-ring (bicyclic) bond motifs is 2. The standard InChI is InChI=1S/C16H20N4OS/c21-16(15-12-5-6-17-8-13(12)19-20-15)18-7-10-9-22-14-4-2-1-3-11(10)14/h9,17H,1-8H2,(H,18,21)(H,19,20). The Labute approximate surface area is 133 Å². The lowest BCUT2D eigenvalue weighted by Gasteiger charge is -2.14. The normalized spacial score (nSPS) is 16.9. The number of carbonyl (C=O) groups is 1. The molecular formula is C16H20N4OS. The highest BCUT2D eigenvalue weighted by atomic mass is 32.1. The van der Waals surface area contributed by atoms with Gasteiger partial charge in [-0.2, -0.15) is 5.10 Å². The first-order valence-corrected chi connectivity index (χ1v) is 8.84. The van der Waals surface area contributed by atoms with Crippen LogP contribution in [-0.4, -0.2) is 22.6 Å². The van der Waals surface area contributed by atoms with Crippen LogP contribution in [0.2, 0.25) is 0 Å². The zero-order valence-electron chi connectivity index (χ0n) is 12.5. The first kappa shape index (κ1) is 14.0. The lowest BCUT2D eigenvalue weighted by atomic mass is 9.96. The summed E-state index contributed by atoms with van der Waals surface area (Å²) in [5.74, 6) is -0.0600. The van der Waals surface area contributed by atoms with Crippen LogP contribution in [0.15, 0.2) is 5.38 Å². The van der Waals surface area contributed by atoms with Gasteiger partial charge in [0.15, 0.2) is 5.69 Å². The lowest BCUT2D eigenvalue weighted by Crippen LogP contribution is -2.28. The van der Waals surface area contributed by atoms with E-state index >= 15 is 0 Å². The van der Waals surface area contributed by atoms with Gasteiger partial charge in [0.05, 0.1) is 5.69 Å².